The first-order valence-electron chi connectivity index (χ1n) is 8.26. The molecule has 4 heteroatoms. The lowest BCUT2D eigenvalue weighted by Crippen LogP contribution is -2.41. The number of fused-ring (bicyclic) bond motifs is 1. The van der Waals surface area contributed by atoms with Crippen LogP contribution in [0.3, 0.4) is 0 Å². The molecule has 1 fully saturated rings. The van der Waals surface area contributed by atoms with Gasteiger partial charge in [0.25, 0.3) is 0 Å². The third-order valence-corrected chi connectivity index (χ3v) is 4.44. The molecule has 0 bridgehead atoms. The Hall–Kier alpha value is -2.07. The first-order chi connectivity index (χ1) is 11.2. The van der Waals surface area contributed by atoms with Crippen LogP contribution in [0.5, 0.6) is 5.75 Å². The molecule has 1 saturated carbocycles. The molecule has 1 N–H and O–H groups in total. The Morgan fingerprint density at radius 3 is 2.74 bits per heavy atom. The van der Waals surface area contributed by atoms with E-state index in [0.717, 1.165) is 36.9 Å². The minimum atomic E-state index is -0.744. The molecule has 23 heavy (non-hydrogen) atoms. The highest BCUT2D eigenvalue weighted by Gasteiger charge is 2.34. The summed E-state index contributed by atoms with van der Waals surface area (Å²) in [6.07, 6.45) is 3.06. The van der Waals surface area contributed by atoms with Gasteiger partial charge in [-0.2, -0.15) is 0 Å². The highest BCUT2D eigenvalue weighted by atomic mass is 16.5. The van der Waals surface area contributed by atoms with Gasteiger partial charge in [-0.05, 0) is 37.6 Å². The van der Waals surface area contributed by atoms with Crippen molar-refractivity contribution in [1.29, 1.82) is 0 Å². The number of carboxylic acids is 1. The Bertz CT molecular complexity index is 676. The Labute approximate surface area is 136 Å². The van der Waals surface area contributed by atoms with Crippen LogP contribution in [0.1, 0.15) is 26.2 Å². The van der Waals surface area contributed by atoms with Gasteiger partial charge in [-0.3, -0.25) is 9.69 Å². The molecule has 1 aliphatic rings. The summed E-state index contributed by atoms with van der Waals surface area (Å²) in [5.41, 5.74) is 0. The molecule has 2 aromatic carbocycles. The number of aliphatic carboxylic acids is 1. The molecule has 1 unspecified atom stereocenters. The van der Waals surface area contributed by atoms with Crippen molar-refractivity contribution >= 4 is 16.7 Å². The van der Waals surface area contributed by atoms with Gasteiger partial charge in [0.2, 0.25) is 0 Å². The number of hydrogen-bond donors (Lipinski definition) is 1. The lowest BCUT2D eigenvalue weighted by molar-refractivity contribution is -0.142. The van der Waals surface area contributed by atoms with Crippen LogP contribution in [0, 0.1) is 0 Å². The lowest BCUT2D eigenvalue weighted by Gasteiger charge is -2.26. The summed E-state index contributed by atoms with van der Waals surface area (Å²) >= 11 is 0. The molecule has 0 spiro atoms. The second-order valence-corrected chi connectivity index (χ2v) is 6.16. The van der Waals surface area contributed by atoms with Crippen molar-refractivity contribution in [3.05, 3.63) is 42.5 Å². The van der Waals surface area contributed by atoms with Gasteiger partial charge in [0.1, 0.15) is 11.8 Å². The van der Waals surface area contributed by atoms with Gasteiger partial charge >= 0.3 is 5.97 Å². The van der Waals surface area contributed by atoms with Crippen LogP contribution in [-0.2, 0) is 4.79 Å². The van der Waals surface area contributed by atoms with Gasteiger partial charge in [0.05, 0.1) is 6.61 Å². The number of benzene rings is 2. The van der Waals surface area contributed by atoms with E-state index in [-0.39, 0.29) is 0 Å². The Balaban J connectivity index is 1.55. The smallest absolute Gasteiger partial charge is 0.320 e. The van der Waals surface area contributed by atoms with Crippen LogP contribution in [0.25, 0.3) is 10.8 Å². The van der Waals surface area contributed by atoms with Gasteiger partial charge in [0.15, 0.2) is 0 Å². The number of rotatable bonds is 8. The predicted molar refractivity (Wildman–Crippen MR) is 90.9 cm³/mol. The number of carboxylic acid groups (broad SMARTS) is 1. The molecule has 2 aromatic rings. The fourth-order valence-electron chi connectivity index (χ4n) is 2.99. The summed E-state index contributed by atoms with van der Waals surface area (Å²) in [6.45, 7) is 3.14. The van der Waals surface area contributed by atoms with Crippen molar-refractivity contribution in [3.63, 3.8) is 0 Å². The lowest BCUT2D eigenvalue weighted by atomic mass is 10.1. The number of carbonyl (C=O) groups is 1. The maximum absolute atomic E-state index is 11.2. The molecule has 1 aliphatic carbocycles. The molecule has 0 aromatic heterocycles. The molecular weight excluding hydrogens is 290 g/mol. The molecule has 0 heterocycles. The SMILES string of the molecule is CC(C(=O)O)N(CCCOc1cccc2ccccc12)C1CC1. The molecular formula is C19H23NO3. The van der Waals surface area contributed by atoms with Crippen molar-refractivity contribution in [2.75, 3.05) is 13.2 Å². The van der Waals surface area contributed by atoms with E-state index in [4.69, 9.17) is 4.74 Å². The van der Waals surface area contributed by atoms with Crippen LogP contribution in [-0.4, -0.2) is 41.2 Å². The van der Waals surface area contributed by atoms with Crippen molar-refractivity contribution in [3.8, 4) is 5.75 Å². The zero-order chi connectivity index (χ0) is 16.2. The van der Waals surface area contributed by atoms with E-state index in [1.54, 1.807) is 6.92 Å². The van der Waals surface area contributed by atoms with Crippen LogP contribution in [0.15, 0.2) is 42.5 Å². The summed E-state index contributed by atoms with van der Waals surface area (Å²) in [5, 5.41) is 11.5. The van der Waals surface area contributed by atoms with E-state index in [1.807, 2.05) is 24.3 Å². The molecule has 0 aliphatic heterocycles. The van der Waals surface area contributed by atoms with Crippen LogP contribution in [0.2, 0.25) is 0 Å². The highest BCUT2D eigenvalue weighted by molar-refractivity contribution is 5.88. The summed E-state index contributed by atoms with van der Waals surface area (Å²) in [4.78, 5) is 13.3. The van der Waals surface area contributed by atoms with Gasteiger partial charge < -0.3 is 9.84 Å². The summed E-state index contributed by atoms with van der Waals surface area (Å²) in [6, 6.07) is 14.3. The second-order valence-electron chi connectivity index (χ2n) is 6.16. The summed E-state index contributed by atoms with van der Waals surface area (Å²) in [7, 11) is 0. The zero-order valence-corrected chi connectivity index (χ0v) is 13.4. The first-order valence-corrected chi connectivity index (χ1v) is 8.26. The number of ether oxygens (including phenoxy) is 1. The van der Waals surface area contributed by atoms with Crippen LogP contribution >= 0.6 is 0 Å². The predicted octanol–water partition coefficient (Wildman–Crippen LogP) is 3.55. The van der Waals surface area contributed by atoms with Gasteiger partial charge in [-0.1, -0.05) is 36.4 Å². The summed E-state index contributed by atoms with van der Waals surface area (Å²) < 4.78 is 5.94. The number of nitrogens with zero attached hydrogens (tertiary/aromatic N) is 1. The van der Waals surface area contributed by atoms with E-state index < -0.39 is 12.0 Å². The topological polar surface area (TPSA) is 49.8 Å². The number of hydrogen-bond acceptors (Lipinski definition) is 3. The van der Waals surface area contributed by atoms with E-state index in [1.165, 1.54) is 5.39 Å². The zero-order valence-electron chi connectivity index (χ0n) is 13.4. The fourth-order valence-corrected chi connectivity index (χ4v) is 2.99. The highest BCUT2D eigenvalue weighted by Crippen LogP contribution is 2.29. The quantitative estimate of drug-likeness (QED) is 0.757. The second kappa shape index (κ2) is 7.01. The Morgan fingerprint density at radius 2 is 2.00 bits per heavy atom. The molecule has 0 saturated heterocycles. The van der Waals surface area contributed by atoms with E-state index in [0.29, 0.717) is 12.6 Å². The van der Waals surface area contributed by atoms with E-state index in [9.17, 15) is 9.90 Å². The average Bonchev–Trinajstić information content (AvgIpc) is 3.39. The Morgan fingerprint density at radius 1 is 1.26 bits per heavy atom. The molecule has 0 radical (unpaired) electrons. The first kappa shape index (κ1) is 15.8. The van der Waals surface area contributed by atoms with E-state index in [2.05, 4.69) is 23.1 Å². The largest absolute Gasteiger partial charge is 0.493 e. The van der Waals surface area contributed by atoms with Gasteiger partial charge in [0, 0.05) is 18.0 Å². The summed E-state index contributed by atoms with van der Waals surface area (Å²) in [5.74, 6) is 0.152. The monoisotopic (exact) mass is 313 g/mol. The van der Waals surface area contributed by atoms with Crippen molar-refractivity contribution in [2.24, 2.45) is 0 Å². The molecule has 3 rings (SSSR count). The average molecular weight is 313 g/mol. The normalized spacial score (nSPS) is 15.7. The minimum absolute atomic E-state index is 0.417. The standard InChI is InChI=1S/C19H23NO3/c1-14(19(21)22)20(16-10-11-16)12-5-13-23-18-9-4-7-15-6-2-3-8-17(15)18/h2-4,6-9,14,16H,5,10-13H2,1H3,(H,21,22). The van der Waals surface area contributed by atoms with Crippen molar-refractivity contribution in [2.45, 2.75) is 38.3 Å². The third kappa shape index (κ3) is 3.82. The Kier molecular flexibility index (Phi) is 4.82. The maximum Gasteiger partial charge on any atom is 0.320 e. The maximum atomic E-state index is 11.2. The van der Waals surface area contributed by atoms with Crippen LogP contribution < -0.4 is 4.74 Å². The molecule has 0 amide bonds. The van der Waals surface area contributed by atoms with Gasteiger partial charge in [-0.25, -0.2) is 0 Å². The third-order valence-electron chi connectivity index (χ3n) is 4.44. The fraction of sp³-hybridized carbons (Fsp3) is 0.421. The van der Waals surface area contributed by atoms with Crippen LogP contribution in [0.4, 0.5) is 0 Å². The molecule has 4 nitrogen and oxygen atoms in total. The minimum Gasteiger partial charge on any atom is -0.493 e. The molecule has 122 valence electrons. The van der Waals surface area contributed by atoms with Crippen molar-refractivity contribution < 1.29 is 14.6 Å². The van der Waals surface area contributed by atoms with E-state index >= 15 is 0 Å². The van der Waals surface area contributed by atoms with Crippen molar-refractivity contribution in [1.82, 2.24) is 4.90 Å². The molecule has 1 atom stereocenters. The van der Waals surface area contributed by atoms with Gasteiger partial charge in [-0.15, -0.1) is 0 Å².